The molecule has 2 unspecified atom stereocenters. The molecule has 0 bridgehead atoms. The lowest BCUT2D eigenvalue weighted by atomic mass is 10.0. The number of benzene rings is 1. The van der Waals surface area contributed by atoms with Crippen LogP contribution in [0.25, 0.3) is 10.6 Å². The third-order valence-electron chi connectivity index (χ3n) is 5.47. The van der Waals surface area contributed by atoms with E-state index >= 15 is 0 Å². The van der Waals surface area contributed by atoms with Crippen LogP contribution < -0.4 is 9.47 Å². The first-order valence-electron chi connectivity index (χ1n) is 9.91. The molecule has 1 aliphatic heterocycles. The standard InChI is InChI=1S/C23H25N3O3S/c1-14-10-18(20-19(28-3)8-9-24-21(20)29-4)26(23(14)27)13-16-6-5-7-17(11-16)22-25-12-15(2)30-22/h5-9,11-12,14,18H,10,13H2,1-4H3. The molecule has 1 aliphatic rings. The maximum absolute atomic E-state index is 13.1. The largest absolute Gasteiger partial charge is 0.496 e. The molecule has 1 fully saturated rings. The second-order valence-electron chi connectivity index (χ2n) is 7.53. The van der Waals surface area contributed by atoms with Gasteiger partial charge in [0.15, 0.2) is 0 Å². The Labute approximate surface area is 180 Å². The second kappa shape index (κ2) is 8.44. The Morgan fingerprint density at radius 3 is 2.73 bits per heavy atom. The van der Waals surface area contributed by atoms with Crippen molar-refractivity contribution in [3.05, 3.63) is 58.7 Å². The average Bonchev–Trinajstić information content (AvgIpc) is 3.32. The first-order chi connectivity index (χ1) is 14.5. The molecule has 2 atom stereocenters. The van der Waals surface area contributed by atoms with E-state index in [2.05, 4.69) is 35.1 Å². The Balaban J connectivity index is 1.69. The Morgan fingerprint density at radius 1 is 1.20 bits per heavy atom. The van der Waals surface area contributed by atoms with Crippen molar-refractivity contribution in [2.45, 2.75) is 32.9 Å². The van der Waals surface area contributed by atoms with Crippen LogP contribution in [0, 0.1) is 12.8 Å². The molecule has 7 heteroatoms. The zero-order valence-electron chi connectivity index (χ0n) is 17.6. The molecule has 156 valence electrons. The van der Waals surface area contributed by atoms with Gasteiger partial charge in [0.05, 0.1) is 25.8 Å². The number of methoxy groups -OCH3 is 2. The molecule has 3 heterocycles. The fraction of sp³-hybridized carbons (Fsp3) is 0.348. The minimum Gasteiger partial charge on any atom is -0.496 e. The molecule has 0 N–H and O–H groups in total. The van der Waals surface area contributed by atoms with Gasteiger partial charge in [-0.2, -0.15) is 0 Å². The van der Waals surface area contributed by atoms with Crippen LogP contribution in [0.3, 0.4) is 0 Å². The van der Waals surface area contributed by atoms with Gasteiger partial charge in [0, 0.05) is 35.3 Å². The van der Waals surface area contributed by atoms with Crippen LogP contribution >= 0.6 is 11.3 Å². The predicted octanol–water partition coefficient (Wildman–Crippen LogP) is 4.64. The van der Waals surface area contributed by atoms with Gasteiger partial charge in [0.1, 0.15) is 10.8 Å². The van der Waals surface area contributed by atoms with E-state index in [0.29, 0.717) is 24.6 Å². The maximum Gasteiger partial charge on any atom is 0.226 e. The number of ether oxygens (including phenoxy) is 2. The molecule has 0 spiro atoms. The molecular weight excluding hydrogens is 398 g/mol. The van der Waals surface area contributed by atoms with Gasteiger partial charge in [-0.15, -0.1) is 11.3 Å². The lowest BCUT2D eigenvalue weighted by Crippen LogP contribution is -2.29. The number of aryl methyl sites for hydroxylation is 1. The third kappa shape index (κ3) is 3.77. The molecule has 1 saturated heterocycles. The number of nitrogens with zero attached hydrogens (tertiary/aromatic N) is 3. The summed E-state index contributed by atoms with van der Waals surface area (Å²) in [5.41, 5.74) is 2.96. The Bertz CT molecular complexity index is 1040. The minimum atomic E-state index is -0.156. The highest BCUT2D eigenvalue weighted by Gasteiger charge is 2.40. The molecular formula is C23H25N3O3S. The zero-order valence-corrected chi connectivity index (χ0v) is 18.4. The quantitative estimate of drug-likeness (QED) is 0.578. The van der Waals surface area contributed by atoms with Gasteiger partial charge < -0.3 is 14.4 Å². The third-order valence-corrected chi connectivity index (χ3v) is 6.43. The summed E-state index contributed by atoms with van der Waals surface area (Å²) in [5, 5.41) is 0.989. The number of rotatable bonds is 6. The van der Waals surface area contributed by atoms with E-state index < -0.39 is 0 Å². The summed E-state index contributed by atoms with van der Waals surface area (Å²) >= 11 is 1.67. The van der Waals surface area contributed by atoms with Crippen molar-refractivity contribution >= 4 is 17.2 Å². The number of carbonyl (C=O) groups excluding carboxylic acids is 1. The van der Waals surface area contributed by atoms with Gasteiger partial charge in [-0.05, 0) is 31.0 Å². The lowest BCUT2D eigenvalue weighted by Gasteiger charge is -2.27. The van der Waals surface area contributed by atoms with Gasteiger partial charge in [0.25, 0.3) is 0 Å². The fourth-order valence-corrected chi connectivity index (χ4v) is 4.79. The topological polar surface area (TPSA) is 64.6 Å². The van der Waals surface area contributed by atoms with Crippen molar-refractivity contribution in [1.82, 2.24) is 14.9 Å². The van der Waals surface area contributed by atoms with Gasteiger partial charge in [0.2, 0.25) is 11.8 Å². The lowest BCUT2D eigenvalue weighted by molar-refractivity contribution is -0.132. The van der Waals surface area contributed by atoms with Crippen molar-refractivity contribution < 1.29 is 14.3 Å². The smallest absolute Gasteiger partial charge is 0.226 e. The first-order valence-corrected chi connectivity index (χ1v) is 10.7. The van der Waals surface area contributed by atoms with Crippen LogP contribution in [0.4, 0.5) is 0 Å². The SMILES string of the molecule is COc1ccnc(OC)c1C1CC(C)C(=O)N1Cc1cccc(-c2ncc(C)s2)c1. The summed E-state index contributed by atoms with van der Waals surface area (Å²) in [6, 6.07) is 9.90. The van der Waals surface area contributed by atoms with Crippen LogP contribution in [0.2, 0.25) is 0 Å². The number of carbonyl (C=O) groups is 1. The van der Waals surface area contributed by atoms with Gasteiger partial charge in [-0.25, -0.2) is 9.97 Å². The van der Waals surface area contributed by atoms with Crippen molar-refractivity contribution in [2.24, 2.45) is 5.92 Å². The highest BCUT2D eigenvalue weighted by Crippen LogP contribution is 2.44. The van der Waals surface area contributed by atoms with Gasteiger partial charge in [-0.1, -0.05) is 25.1 Å². The Hall–Kier alpha value is -2.93. The van der Waals surface area contributed by atoms with E-state index in [1.807, 2.05) is 30.2 Å². The predicted molar refractivity (Wildman–Crippen MR) is 117 cm³/mol. The second-order valence-corrected chi connectivity index (χ2v) is 8.77. The molecule has 4 rings (SSSR count). The summed E-state index contributed by atoms with van der Waals surface area (Å²) in [5.74, 6) is 1.24. The number of amides is 1. The number of likely N-dealkylation sites (tertiary alicyclic amines) is 1. The van der Waals surface area contributed by atoms with Crippen molar-refractivity contribution in [1.29, 1.82) is 0 Å². The summed E-state index contributed by atoms with van der Waals surface area (Å²) in [6.07, 6.45) is 4.24. The van der Waals surface area contributed by atoms with Crippen LogP contribution in [-0.2, 0) is 11.3 Å². The van der Waals surface area contributed by atoms with E-state index in [1.54, 1.807) is 31.8 Å². The Kier molecular flexibility index (Phi) is 5.72. The van der Waals surface area contributed by atoms with Crippen LogP contribution in [0.15, 0.2) is 42.7 Å². The number of thiazole rings is 1. The van der Waals surface area contributed by atoms with Gasteiger partial charge >= 0.3 is 0 Å². The maximum atomic E-state index is 13.1. The number of hydrogen-bond acceptors (Lipinski definition) is 6. The normalized spacial score (nSPS) is 18.7. The molecule has 1 aromatic carbocycles. The molecule has 1 amide bonds. The monoisotopic (exact) mass is 423 g/mol. The van der Waals surface area contributed by atoms with Gasteiger partial charge in [-0.3, -0.25) is 4.79 Å². The van der Waals surface area contributed by atoms with E-state index in [0.717, 1.165) is 21.7 Å². The minimum absolute atomic E-state index is 0.0746. The van der Waals surface area contributed by atoms with Crippen LogP contribution in [0.1, 0.15) is 35.4 Å². The highest BCUT2D eigenvalue weighted by atomic mass is 32.1. The van der Waals surface area contributed by atoms with E-state index in [-0.39, 0.29) is 17.9 Å². The van der Waals surface area contributed by atoms with Crippen molar-refractivity contribution in [3.8, 4) is 22.2 Å². The molecule has 0 radical (unpaired) electrons. The first kappa shape index (κ1) is 20.3. The molecule has 2 aromatic heterocycles. The number of aromatic nitrogens is 2. The molecule has 30 heavy (non-hydrogen) atoms. The number of pyridine rings is 1. The highest BCUT2D eigenvalue weighted by molar-refractivity contribution is 7.14. The van der Waals surface area contributed by atoms with Crippen LogP contribution in [-0.4, -0.2) is 35.0 Å². The van der Waals surface area contributed by atoms with Crippen molar-refractivity contribution in [2.75, 3.05) is 14.2 Å². The molecule has 3 aromatic rings. The fourth-order valence-electron chi connectivity index (χ4n) is 4.03. The van der Waals surface area contributed by atoms with E-state index in [9.17, 15) is 4.79 Å². The van der Waals surface area contributed by atoms with E-state index in [4.69, 9.17) is 9.47 Å². The number of hydrogen-bond donors (Lipinski definition) is 0. The summed E-state index contributed by atoms with van der Waals surface area (Å²) in [7, 11) is 3.22. The summed E-state index contributed by atoms with van der Waals surface area (Å²) < 4.78 is 11.1. The Morgan fingerprint density at radius 2 is 2.03 bits per heavy atom. The van der Waals surface area contributed by atoms with E-state index in [1.165, 1.54) is 4.88 Å². The summed E-state index contributed by atoms with van der Waals surface area (Å²) in [4.78, 5) is 25.0. The molecule has 0 aliphatic carbocycles. The van der Waals surface area contributed by atoms with Crippen LogP contribution in [0.5, 0.6) is 11.6 Å². The molecule has 0 saturated carbocycles. The molecule has 6 nitrogen and oxygen atoms in total. The summed E-state index contributed by atoms with van der Waals surface area (Å²) in [6.45, 7) is 4.53. The van der Waals surface area contributed by atoms with Crippen molar-refractivity contribution in [3.63, 3.8) is 0 Å². The average molecular weight is 424 g/mol. The zero-order chi connectivity index (χ0) is 21.3.